The van der Waals surface area contributed by atoms with E-state index in [9.17, 15) is 9.59 Å². The van der Waals surface area contributed by atoms with Crippen molar-refractivity contribution < 1.29 is 14.3 Å². The lowest BCUT2D eigenvalue weighted by atomic mass is 9.99. The van der Waals surface area contributed by atoms with E-state index in [0.29, 0.717) is 24.7 Å². The van der Waals surface area contributed by atoms with Crippen LogP contribution in [0.2, 0.25) is 0 Å². The van der Waals surface area contributed by atoms with Gasteiger partial charge in [-0.25, -0.2) is 0 Å². The summed E-state index contributed by atoms with van der Waals surface area (Å²) >= 11 is 1.66. The Balaban J connectivity index is 1.75. The largest absolute Gasteiger partial charge is 0.465 e. The van der Waals surface area contributed by atoms with E-state index in [1.165, 1.54) is 12.8 Å². The van der Waals surface area contributed by atoms with E-state index in [4.69, 9.17) is 4.74 Å². The van der Waals surface area contributed by atoms with Gasteiger partial charge in [-0.3, -0.25) is 9.59 Å². The Bertz CT molecular complexity index is 632. The topological polar surface area (TPSA) is 46.6 Å². The first-order valence-electron chi connectivity index (χ1n) is 10.3. The van der Waals surface area contributed by atoms with Crippen LogP contribution in [0.25, 0.3) is 0 Å². The van der Waals surface area contributed by atoms with E-state index in [-0.39, 0.29) is 11.9 Å². The Hall–Kier alpha value is -1.49. The summed E-state index contributed by atoms with van der Waals surface area (Å²) in [4.78, 5) is 27.3. The first kappa shape index (κ1) is 21.8. The van der Waals surface area contributed by atoms with Crippen LogP contribution in [-0.2, 0) is 16.0 Å². The zero-order valence-electron chi connectivity index (χ0n) is 17.0. The lowest BCUT2D eigenvalue weighted by Crippen LogP contribution is -2.37. The van der Waals surface area contributed by atoms with Crippen molar-refractivity contribution in [1.82, 2.24) is 4.90 Å². The molecule has 27 heavy (non-hydrogen) atoms. The fourth-order valence-electron chi connectivity index (χ4n) is 3.34. The summed E-state index contributed by atoms with van der Waals surface area (Å²) in [5, 5.41) is 0. The molecule has 0 saturated carbocycles. The SMILES string of the molecule is CCCCC(CC)COC(=O)CCSc1ccc2c(c1)CCN(CC)C2=O. The summed E-state index contributed by atoms with van der Waals surface area (Å²) in [6.07, 6.45) is 5.91. The van der Waals surface area contributed by atoms with Crippen molar-refractivity contribution in [3.8, 4) is 0 Å². The molecule has 0 aliphatic carbocycles. The van der Waals surface area contributed by atoms with Crippen LogP contribution in [-0.4, -0.2) is 42.2 Å². The number of nitrogens with zero attached hydrogens (tertiary/aromatic N) is 1. The number of benzene rings is 1. The quantitative estimate of drug-likeness (QED) is 0.396. The monoisotopic (exact) mass is 391 g/mol. The molecule has 150 valence electrons. The van der Waals surface area contributed by atoms with Gasteiger partial charge in [0.15, 0.2) is 0 Å². The zero-order valence-corrected chi connectivity index (χ0v) is 17.8. The smallest absolute Gasteiger partial charge is 0.306 e. The molecule has 0 N–H and O–H groups in total. The van der Waals surface area contributed by atoms with Crippen LogP contribution < -0.4 is 0 Å². The average molecular weight is 392 g/mol. The van der Waals surface area contributed by atoms with Gasteiger partial charge in [0, 0.05) is 29.3 Å². The minimum absolute atomic E-state index is 0.107. The van der Waals surface area contributed by atoms with Crippen molar-refractivity contribution in [2.45, 2.75) is 64.2 Å². The summed E-state index contributed by atoms with van der Waals surface area (Å²) in [5.74, 6) is 1.22. The summed E-state index contributed by atoms with van der Waals surface area (Å²) in [6.45, 7) is 8.46. The third-order valence-corrected chi connectivity index (χ3v) is 6.22. The van der Waals surface area contributed by atoms with Crippen LogP contribution in [0.4, 0.5) is 0 Å². The molecule has 0 saturated heterocycles. The van der Waals surface area contributed by atoms with Crippen LogP contribution in [0.5, 0.6) is 0 Å². The fraction of sp³-hybridized carbons (Fsp3) is 0.636. The highest BCUT2D eigenvalue weighted by atomic mass is 32.2. The van der Waals surface area contributed by atoms with Crippen LogP contribution in [0.15, 0.2) is 23.1 Å². The van der Waals surface area contributed by atoms with Crippen molar-refractivity contribution in [3.05, 3.63) is 29.3 Å². The molecular weight excluding hydrogens is 358 g/mol. The van der Waals surface area contributed by atoms with Gasteiger partial charge in [-0.15, -0.1) is 11.8 Å². The second-order valence-corrected chi connectivity index (χ2v) is 8.32. The summed E-state index contributed by atoms with van der Waals surface area (Å²) < 4.78 is 5.46. The van der Waals surface area contributed by atoms with Gasteiger partial charge in [0.1, 0.15) is 0 Å². The van der Waals surface area contributed by atoms with Gasteiger partial charge < -0.3 is 9.64 Å². The molecule has 1 aromatic carbocycles. The molecule has 2 rings (SSSR count). The molecule has 0 radical (unpaired) electrons. The normalized spacial score (nSPS) is 14.8. The Morgan fingerprint density at radius 1 is 1.30 bits per heavy atom. The molecule has 0 spiro atoms. The van der Waals surface area contributed by atoms with Crippen LogP contribution in [0.3, 0.4) is 0 Å². The zero-order chi connectivity index (χ0) is 19.6. The third-order valence-electron chi connectivity index (χ3n) is 5.23. The van der Waals surface area contributed by atoms with E-state index >= 15 is 0 Å². The molecule has 1 amide bonds. The second-order valence-electron chi connectivity index (χ2n) is 7.15. The minimum Gasteiger partial charge on any atom is -0.465 e. The maximum absolute atomic E-state index is 12.3. The molecule has 1 heterocycles. The average Bonchev–Trinajstić information content (AvgIpc) is 2.68. The van der Waals surface area contributed by atoms with Crippen molar-refractivity contribution in [2.75, 3.05) is 25.4 Å². The number of amides is 1. The highest BCUT2D eigenvalue weighted by Gasteiger charge is 2.23. The third kappa shape index (κ3) is 6.56. The van der Waals surface area contributed by atoms with Crippen LogP contribution in [0.1, 0.15) is 68.8 Å². The number of likely N-dealkylation sites (N-methyl/N-ethyl adjacent to an activating group) is 1. The van der Waals surface area contributed by atoms with Gasteiger partial charge >= 0.3 is 5.97 Å². The molecule has 1 aliphatic rings. The van der Waals surface area contributed by atoms with Gasteiger partial charge in [-0.1, -0.05) is 33.1 Å². The fourth-order valence-corrected chi connectivity index (χ4v) is 4.23. The second kappa shape index (κ2) is 11.4. The minimum atomic E-state index is -0.107. The maximum atomic E-state index is 12.3. The maximum Gasteiger partial charge on any atom is 0.306 e. The molecule has 1 aromatic rings. The summed E-state index contributed by atoms with van der Waals surface area (Å²) in [5.41, 5.74) is 1.95. The van der Waals surface area contributed by atoms with Crippen molar-refractivity contribution in [2.24, 2.45) is 5.92 Å². The lowest BCUT2D eigenvalue weighted by Gasteiger charge is -2.27. The van der Waals surface area contributed by atoms with E-state index < -0.39 is 0 Å². The summed E-state index contributed by atoms with van der Waals surface area (Å²) in [7, 11) is 0. The van der Waals surface area contributed by atoms with Crippen molar-refractivity contribution in [1.29, 1.82) is 0 Å². The van der Waals surface area contributed by atoms with E-state index in [2.05, 4.69) is 19.9 Å². The molecule has 1 unspecified atom stereocenters. The first-order chi connectivity index (χ1) is 13.1. The van der Waals surface area contributed by atoms with E-state index in [1.807, 2.05) is 24.0 Å². The van der Waals surface area contributed by atoms with E-state index in [0.717, 1.165) is 48.4 Å². The number of carbonyl (C=O) groups is 2. The molecule has 0 bridgehead atoms. The van der Waals surface area contributed by atoms with Gasteiger partial charge in [0.25, 0.3) is 5.91 Å². The van der Waals surface area contributed by atoms with Crippen molar-refractivity contribution in [3.63, 3.8) is 0 Å². The van der Waals surface area contributed by atoms with Gasteiger partial charge in [0.05, 0.1) is 13.0 Å². The Labute approximate surface area is 168 Å². The molecular formula is C22H33NO3S. The predicted octanol–water partition coefficient (Wildman–Crippen LogP) is 4.95. The Morgan fingerprint density at radius 2 is 2.11 bits per heavy atom. The van der Waals surface area contributed by atoms with Gasteiger partial charge in [0.2, 0.25) is 0 Å². The molecule has 4 nitrogen and oxygen atoms in total. The Morgan fingerprint density at radius 3 is 2.81 bits per heavy atom. The number of hydrogen-bond donors (Lipinski definition) is 0. The number of thioether (sulfide) groups is 1. The first-order valence-corrected chi connectivity index (χ1v) is 11.3. The van der Waals surface area contributed by atoms with Crippen molar-refractivity contribution >= 4 is 23.6 Å². The molecule has 1 aliphatic heterocycles. The number of rotatable bonds is 11. The highest BCUT2D eigenvalue weighted by Crippen LogP contribution is 2.26. The number of unbranched alkanes of at least 4 members (excludes halogenated alkanes) is 1. The molecule has 0 fully saturated rings. The number of esters is 1. The Kier molecular flexibility index (Phi) is 9.19. The number of fused-ring (bicyclic) bond motifs is 1. The standard InChI is InChI=1S/C22H33NO3S/c1-4-7-8-17(5-2)16-26-21(24)12-14-27-19-9-10-20-18(15-19)11-13-23(6-3)22(20)25/h9-10,15,17H,4-8,11-14,16H2,1-3H3. The lowest BCUT2D eigenvalue weighted by molar-refractivity contribution is -0.144. The highest BCUT2D eigenvalue weighted by molar-refractivity contribution is 7.99. The van der Waals surface area contributed by atoms with Crippen LogP contribution >= 0.6 is 11.8 Å². The molecule has 0 aromatic heterocycles. The van der Waals surface area contributed by atoms with E-state index in [1.54, 1.807) is 11.8 Å². The molecule has 1 atom stereocenters. The van der Waals surface area contributed by atoms with Gasteiger partial charge in [-0.05, 0) is 49.4 Å². The van der Waals surface area contributed by atoms with Gasteiger partial charge in [-0.2, -0.15) is 0 Å². The molecule has 5 heteroatoms. The number of carbonyl (C=O) groups excluding carboxylic acids is 2. The predicted molar refractivity (Wildman–Crippen MR) is 111 cm³/mol. The number of hydrogen-bond acceptors (Lipinski definition) is 4. The van der Waals surface area contributed by atoms with Crippen LogP contribution in [0, 0.1) is 5.92 Å². The summed E-state index contributed by atoms with van der Waals surface area (Å²) in [6, 6.07) is 6.03. The number of ether oxygens (including phenoxy) is 1.